The summed E-state index contributed by atoms with van der Waals surface area (Å²) in [6.45, 7) is 2.47. The first-order valence-corrected chi connectivity index (χ1v) is 6.94. The minimum Gasteiger partial charge on any atom is -0.378 e. The van der Waals surface area contributed by atoms with Gasteiger partial charge in [0, 0.05) is 33.6 Å². The van der Waals surface area contributed by atoms with Gasteiger partial charge in [0.05, 0.1) is 17.7 Å². The fraction of sp³-hybridized carbons (Fsp3) is 0.357. The van der Waals surface area contributed by atoms with Crippen molar-refractivity contribution in [3.05, 3.63) is 33.9 Å². The monoisotopic (exact) mass is 297 g/mol. The molecule has 1 saturated heterocycles. The molecule has 0 amide bonds. The van der Waals surface area contributed by atoms with E-state index in [1.165, 1.54) is 0 Å². The molecule has 0 spiro atoms. The Hall–Kier alpha value is -1.03. The van der Waals surface area contributed by atoms with Gasteiger partial charge in [-0.25, -0.2) is 0 Å². The lowest BCUT2D eigenvalue weighted by atomic mass is 9.95. The molecule has 0 radical (unpaired) electrons. The summed E-state index contributed by atoms with van der Waals surface area (Å²) in [7, 11) is 0. The van der Waals surface area contributed by atoms with E-state index in [0.717, 1.165) is 17.3 Å². The summed E-state index contributed by atoms with van der Waals surface area (Å²) >= 11 is 12.1. The number of rotatable bonds is 2. The summed E-state index contributed by atoms with van der Waals surface area (Å²) in [6.07, 6.45) is 2.61. The molecule has 2 aromatic rings. The number of aromatic nitrogens is 1. The molecule has 3 rings (SSSR count). The molecule has 2 heterocycles. The summed E-state index contributed by atoms with van der Waals surface area (Å²) in [4.78, 5) is 15.6. The van der Waals surface area contributed by atoms with Gasteiger partial charge in [-0.05, 0) is 25.5 Å². The van der Waals surface area contributed by atoms with E-state index >= 15 is 0 Å². The van der Waals surface area contributed by atoms with Crippen LogP contribution in [0.5, 0.6) is 0 Å². The number of benzene rings is 1. The predicted octanol–water partition coefficient (Wildman–Crippen LogP) is 4.08. The zero-order valence-corrected chi connectivity index (χ0v) is 11.9. The van der Waals surface area contributed by atoms with E-state index in [9.17, 15) is 4.79 Å². The van der Waals surface area contributed by atoms with Crippen LogP contribution in [0, 0.1) is 5.92 Å². The predicted molar refractivity (Wildman–Crippen MR) is 76.2 cm³/mol. The molecule has 0 bridgehead atoms. The molecular formula is C14H13Cl2NO2. The molecule has 2 atom stereocenters. The molecule has 2 unspecified atom stereocenters. The van der Waals surface area contributed by atoms with Crippen LogP contribution in [0.25, 0.3) is 10.9 Å². The van der Waals surface area contributed by atoms with Crippen LogP contribution < -0.4 is 0 Å². The summed E-state index contributed by atoms with van der Waals surface area (Å²) in [5.41, 5.74) is 1.41. The summed E-state index contributed by atoms with van der Waals surface area (Å²) in [5, 5.41) is 1.80. The molecule has 1 aromatic heterocycles. The lowest BCUT2D eigenvalue weighted by molar-refractivity contribution is 0.0879. The highest BCUT2D eigenvalue weighted by molar-refractivity contribution is 6.39. The summed E-state index contributed by atoms with van der Waals surface area (Å²) in [5.74, 6) is 0.000525. The third-order valence-corrected chi connectivity index (χ3v) is 4.05. The Morgan fingerprint density at radius 2 is 2.21 bits per heavy atom. The van der Waals surface area contributed by atoms with E-state index in [4.69, 9.17) is 27.9 Å². The van der Waals surface area contributed by atoms with Crippen LogP contribution in [0.15, 0.2) is 18.3 Å². The molecule has 1 N–H and O–H groups in total. The minimum absolute atomic E-state index is 0.0826. The van der Waals surface area contributed by atoms with E-state index in [1.54, 1.807) is 18.3 Å². The Morgan fingerprint density at radius 1 is 1.42 bits per heavy atom. The second-order valence-electron chi connectivity index (χ2n) is 4.95. The normalized spacial score (nSPS) is 23.1. The maximum atomic E-state index is 12.5. The summed E-state index contributed by atoms with van der Waals surface area (Å²) in [6, 6.07) is 3.43. The van der Waals surface area contributed by atoms with Crippen molar-refractivity contribution in [2.45, 2.75) is 19.4 Å². The maximum Gasteiger partial charge on any atom is 0.170 e. The highest BCUT2D eigenvalue weighted by Gasteiger charge is 2.30. The second kappa shape index (κ2) is 4.82. The number of hydrogen-bond donors (Lipinski definition) is 1. The Balaban J connectivity index is 2.03. The first-order valence-electron chi connectivity index (χ1n) is 6.18. The molecule has 0 aliphatic carbocycles. The molecule has 3 nitrogen and oxygen atoms in total. The van der Waals surface area contributed by atoms with Crippen molar-refractivity contribution < 1.29 is 9.53 Å². The fourth-order valence-electron chi connectivity index (χ4n) is 2.60. The van der Waals surface area contributed by atoms with E-state index in [2.05, 4.69) is 4.98 Å². The van der Waals surface area contributed by atoms with Crippen molar-refractivity contribution >= 4 is 39.9 Å². The number of Topliss-reactive ketones (excluding diaryl/α,β-unsaturated/α-hetero) is 1. The molecule has 0 saturated carbocycles. The number of carbonyl (C=O) groups is 1. The lowest BCUT2D eigenvalue weighted by Gasteiger charge is -2.06. The van der Waals surface area contributed by atoms with Gasteiger partial charge < -0.3 is 9.72 Å². The molecule has 1 aliphatic heterocycles. The average molecular weight is 298 g/mol. The number of nitrogens with one attached hydrogen (secondary N) is 1. The molecule has 5 heteroatoms. The summed E-state index contributed by atoms with van der Waals surface area (Å²) < 4.78 is 5.46. The van der Waals surface area contributed by atoms with E-state index in [1.807, 2.05) is 6.92 Å². The van der Waals surface area contributed by atoms with Crippen molar-refractivity contribution in [2.75, 3.05) is 6.61 Å². The largest absolute Gasteiger partial charge is 0.378 e. The third kappa shape index (κ3) is 2.27. The first kappa shape index (κ1) is 13.0. The van der Waals surface area contributed by atoms with Gasteiger partial charge in [-0.2, -0.15) is 0 Å². The molecule has 1 aliphatic rings. The van der Waals surface area contributed by atoms with Crippen molar-refractivity contribution in [3.8, 4) is 0 Å². The second-order valence-corrected chi connectivity index (χ2v) is 5.80. The number of fused-ring (bicyclic) bond motifs is 1. The standard InChI is InChI=1S/C14H13Cl2NO2/c1-7-2-8(6-19-7)14(18)10-5-17-12-4-9(15)3-11(16)13(10)12/h3-5,7-8,17H,2,6H2,1H3. The van der Waals surface area contributed by atoms with Gasteiger partial charge in [0.2, 0.25) is 0 Å². The number of ether oxygens (including phenoxy) is 1. The molecule has 1 aromatic carbocycles. The Morgan fingerprint density at radius 3 is 2.89 bits per heavy atom. The van der Waals surface area contributed by atoms with E-state index in [-0.39, 0.29) is 17.8 Å². The van der Waals surface area contributed by atoms with Crippen LogP contribution >= 0.6 is 23.2 Å². The number of ketones is 1. The van der Waals surface area contributed by atoms with Gasteiger partial charge in [-0.3, -0.25) is 4.79 Å². The van der Waals surface area contributed by atoms with Crippen LogP contribution in [0.2, 0.25) is 10.0 Å². The molecule has 100 valence electrons. The topological polar surface area (TPSA) is 42.1 Å². The highest BCUT2D eigenvalue weighted by atomic mass is 35.5. The Bertz CT molecular complexity index is 650. The number of aromatic amines is 1. The zero-order chi connectivity index (χ0) is 13.6. The van der Waals surface area contributed by atoms with Crippen LogP contribution in [0.1, 0.15) is 23.7 Å². The van der Waals surface area contributed by atoms with Crippen LogP contribution in [-0.4, -0.2) is 23.5 Å². The first-order chi connectivity index (χ1) is 9.06. The highest BCUT2D eigenvalue weighted by Crippen LogP contribution is 2.33. The quantitative estimate of drug-likeness (QED) is 0.849. The Labute approximate surface area is 120 Å². The number of H-pyrrole nitrogens is 1. The van der Waals surface area contributed by atoms with Crippen molar-refractivity contribution in [3.63, 3.8) is 0 Å². The van der Waals surface area contributed by atoms with Crippen LogP contribution in [0.3, 0.4) is 0 Å². The van der Waals surface area contributed by atoms with Gasteiger partial charge in [-0.15, -0.1) is 0 Å². The van der Waals surface area contributed by atoms with Crippen LogP contribution in [-0.2, 0) is 4.74 Å². The SMILES string of the molecule is CC1CC(C(=O)c2c[nH]c3cc(Cl)cc(Cl)c23)CO1. The van der Waals surface area contributed by atoms with Gasteiger partial charge in [-0.1, -0.05) is 23.2 Å². The Kier molecular flexibility index (Phi) is 3.29. The molecule has 19 heavy (non-hydrogen) atoms. The van der Waals surface area contributed by atoms with E-state index < -0.39 is 0 Å². The minimum atomic E-state index is -0.0826. The van der Waals surface area contributed by atoms with Crippen molar-refractivity contribution in [2.24, 2.45) is 5.92 Å². The lowest BCUT2D eigenvalue weighted by Crippen LogP contribution is -2.14. The van der Waals surface area contributed by atoms with Crippen molar-refractivity contribution in [1.82, 2.24) is 4.98 Å². The average Bonchev–Trinajstić information content (AvgIpc) is 2.94. The third-order valence-electron chi connectivity index (χ3n) is 3.53. The number of halogens is 2. The molecule has 1 fully saturated rings. The maximum absolute atomic E-state index is 12.5. The zero-order valence-electron chi connectivity index (χ0n) is 10.4. The fourth-order valence-corrected chi connectivity index (χ4v) is 3.19. The van der Waals surface area contributed by atoms with Gasteiger partial charge in [0.15, 0.2) is 5.78 Å². The van der Waals surface area contributed by atoms with Gasteiger partial charge in [0.25, 0.3) is 0 Å². The van der Waals surface area contributed by atoms with Gasteiger partial charge in [0.1, 0.15) is 0 Å². The number of carbonyl (C=O) groups excluding carboxylic acids is 1. The molecular weight excluding hydrogens is 285 g/mol. The number of hydrogen-bond acceptors (Lipinski definition) is 2. The van der Waals surface area contributed by atoms with Gasteiger partial charge >= 0.3 is 0 Å². The van der Waals surface area contributed by atoms with E-state index in [0.29, 0.717) is 22.2 Å². The smallest absolute Gasteiger partial charge is 0.170 e. The van der Waals surface area contributed by atoms with Crippen molar-refractivity contribution in [1.29, 1.82) is 0 Å². The van der Waals surface area contributed by atoms with Crippen LogP contribution in [0.4, 0.5) is 0 Å².